The van der Waals surface area contributed by atoms with Crippen molar-refractivity contribution in [2.45, 2.75) is 72.6 Å². The zero-order valence-electron chi connectivity index (χ0n) is 12.8. The van der Waals surface area contributed by atoms with E-state index >= 15 is 0 Å². The van der Waals surface area contributed by atoms with Crippen LogP contribution < -0.4 is 5.09 Å². The number of hydrogen-bond donors (Lipinski definition) is 1. The SMILES string of the molecule is CCCC[PH](CCCC)(CCCC)NCCC. The van der Waals surface area contributed by atoms with Gasteiger partial charge in [0.2, 0.25) is 0 Å². The van der Waals surface area contributed by atoms with Gasteiger partial charge in [-0.15, -0.1) is 0 Å². The van der Waals surface area contributed by atoms with Crippen molar-refractivity contribution in [3.63, 3.8) is 0 Å². The zero-order chi connectivity index (χ0) is 13.0. The summed E-state index contributed by atoms with van der Waals surface area (Å²) in [5.74, 6) is 0. The first-order chi connectivity index (χ1) is 8.24. The first kappa shape index (κ1) is 17.4. The minimum absolute atomic E-state index is 1.13. The molecule has 0 saturated carbocycles. The molecule has 0 radical (unpaired) electrons. The molecule has 0 amide bonds. The van der Waals surface area contributed by atoms with Crippen molar-refractivity contribution in [3.8, 4) is 0 Å². The molecule has 0 rings (SSSR count). The van der Waals surface area contributed by atoms with E-state index in [2.05, 4.69) is 32.8 Å². The van der Waals surface area contributed by atoms with Crippen LogP contribution in [0.1, 0.15) is 72.6 Å². The number of unbranched alkanes of at least 4 members (excludes halogenated alkanes) is 3. The Bertz CT molecular complexity index is 121. The summed E-state index contributed by atoms with van der Waals surface area (Å²) in [6.07, 6.45) is 14.3. The molecule has 2 heteroatoms. The van der Waals surface area contributed by atoms with Gasteiger partial charge in [-0.1, -0.05) is 0 Å². The Labute approximate surface area is 111 Å². The van der Waals surface area contributed by atoms with E-state index in [1.54, 1.807) is 0 Å². The Morgan fingerprint density at radius 1 is 0.647 bits per heavy atom. The molecule has 0 saturated heterocycles. The van der Waals surface area contributed by atoms with Crippen molar-refractivity contribution in [2.75, 3.05) is 25.0 Å². The van der Waals surface area contributed by atoms with E-state index in [1.165, 1.54) is 70.0 Å². The molecule has 0 bridgehead atoms. The summed E-state index contributed by atoms with van der Waals surface area (Å²) >= 11 is 0. The first-order valence-electron chi connectivity index (χ1n) is 7.99. The van der Waals surface area contributed by atoms with E-state index in [0.717, 1.165) is 0 Å². The van der Waals surface area contributed by atoms with Gasteiger partial charge >= 0.3 is 110 Å². The van der Waals surface area contributed by atoms with Gasteiger partial charge in [0.25, 0.3) is 0 Å². The summed E-state index contributed by atoms with van der Waals surface area (Å²) in [6, 6.07) is 0. The number of nitrogens with one attached hydrogen (secondary N) is 1. The molecular formula is C15H36NP. The van der Waals surface area contributed by atoms with Gasteiger partial charge in [0, 0.05) is 0 Å². The molecule has 0 aromatic carbocycles. The maximum atomic E-state index is 4.03. The van der Waals surface area contributed by atoms with Crippen molar-refractivity contribution < 1.29 is 0 Å². The van der Waals surface area contributed by atoms with Gasteiger partial charge in [-0.3, -0.25) is 0 Å². The second-order valence-corrected chi connectivity index (χ2v) is 9.93. The molecule has 106 valence electrons. The van der Waals surface area contributed by atoms with Crippen molar-refractivity contribution in [2.24, 2.45) is 0 Å². The molecule has 0 aliphatic rings. The van der Waals surface area contributed by atoms with Crippen molar-refractivity contribution in [1.82, 2.24) is 5.09 Å². The molecular weight excluding hydrogens is 225 g/mol. The van der Waals surface area contributed by atoms with Crippen LogP contribution in [-0.2, 0) is 0 Å². The maximum absolute atomic E-state index is 4.03. The standard InChI is InChI=1S/C15H36NP/c1-5-9-13-17(14-10-6-2,15-11-7-3)16-12-8-4/h16-17H,5-15H2,1-4H3. The van der Waals surface area contributed by atoms with Crippen molar-refractivity contribution in [3.05, 3.63) is 0 Å². The predicted molar refractivity (Wildman–Crippen MR) is 85.9 cm³/mol. The van der Waals surface area contributed by atoms with Crippen molar-refractivity contribution in [1.29, 1.82) is 0 Å². The Morgan fingerprint density at radius 3 is 1.35 bits per heavy atom. The van der Waals surface area contributed by atoms with Gasteiger partial charge in [0.1, 0.15) is 0 Å². The molecule has 0 aliphatic carbocycles. The number of rotatable bonds is 12. The fourth-order valence-electron chi connectivity index (χ4n) is 2.58. The Kier molecular flexibility index (Phi) is 11.7. The van der Waals surface area contributed by atoms with E-state index in [0.29, 0.717) is 0 Å². The van der Waals surface area contributed by atoms with Gasteiger partial charge in [-0.25, -0.2) is 0 Å². The third-order valence-corrected chi connectivity index (χ3v) is 8.71. The summed E-state index contributed by atoms with van der Waals surface area (Å²) in [7, 11) is -1.13. The Hall–Kier alpha value is 0.390. The van der Waals surface area contributed by atoms with Gasteiger partial charge in [-0.05, 0) is 0 Å². The van der Waals surface area contributed by atoms with Crippen molar-refractivity contribution >= 4 is 7.41 Å². The normalized spacial score (nSPS) is 12.9. The Morgan fingerprint density at radius 2 is 1.06 bits per heavy atom. The molecule has 0 aliphatic heterocycles. The summed E-state index contributed by atoms with van der Waals surface area (Å²) in [5.41, 5.74) is 0. The second-order valence-electron chi connectivity index (χ2n) is 5.52. The average molecular weight is 261 g/mol. The third kappa shape index (κ3) is 8.16. The van der Waals surface area contributed by atoms with Gasteiger partial charge in [-0.2, -0.15) is 0 Å². The van der Waals surface area contributed by atoms with E-state index in [4.69, 9.17) is 0 Å². The molecule has 0 spiro atoms. The van der Waals surface area contributed by atoms with Crippen LogP contribution in [0.4, 0.5) is 0 Å². The summed E-state index contributed by atoms with van der Waals surface area (Å²) in [6.45, 7) is 10.5. The predicted octanol–water partition coefficient (Wildman–Crippen LogP) is 5.05. The quantitative estimate of drug-likeness (QED) is 0.485. The minimum atomic E-state index is -1.13. The Balaban J connectivity index is 4.39. The van der Waals surface area contributed by atoms with Crippen LogP contribution in [0.5, 0.6) is 0 Å². The van der Waals surface area contributed by atoms with Gasteiger partial charge < -0.3 is 0 Å². The molecule has 0 aromatic rings. The van der Waals surface area contributed by atoms with Crippen LogP contribution in [0.3, 0.4) is 0 Å². The summed E-state index contributed by atoms with van der Waals surface area (Å²) in [4.78, 5) is 0. The van der Waals surface area contributed by atoms with Crippen LogP contribution in [-0.4, -0.2) is 25.0 Å². The van der Waals surface area contributed by atoms with E-state index in [1.807, 2.05) is 0 Å². The van der Waals surface area contributed by atoms with Crippen LogP contribution in [0.25, 0.3) is 0 Å². The molecule has 17 heavy (non-hydrogen) atoms. The van der Waals surface area contributed by atoms with E-state index in [-0.39, 0.29) is 0 Å². The van der Waals surface area contributed by atoms with E-state index < -0.39 is 7.41 Å². The topological polar surface area (TPSA) is 12.0 Å². The van der Waals surface area contributed by atoms with Gasteiger partial charge in [0.15, 0.2) is 0 Å². The van der Waals surface area contributed by atoms with E-state index in [9.17, 15) is 0 Å². The van der Waals surface area contributed by atoms with Crippen LogP contribution in [0.2, 0.25) is 0 Å². The van der Waals surface area contributed by atoms with Crippen LogP contribution in [0.15, 0.2) is 0 Å². The summed E-state index contributed by atoms with van der Waals surface area (Å²) < 4.78 is 0. The molecule has 1 nitrogen and oxygen atoms in total. The molecule has 0 atom stereocenters. The zero-order valence-corrected chi connectivity index (χ0v) is 13.8. The molecule has 0 fully saturated rings. The molecule has 0 unspecified atom stereocenters. The first-order valence-corrected chi connectivity index (χ1v) is 10.6. The molecule has 1 N–H and O–H groups in total. The third-order valence-electron chi connectivity index (χ3n) is 3.78. The molecule has 0 heterocycles. The average Bonchev–Trinajstić information content (AvgIpc) is 2.37. The van der Waals surface area contributed by atoms with Crippen LogP contribution in [0, 0.1) is 0 Å². The monoisotopic (exact) mass is 261 g/mol. The fraction of sp³-hybridized carbons (Fsp3) is 1.00. The number of hydrogen-bond acceptors (Lipinski definition) is 1. The fourth-order valence-corrected chi connectivity index (χ4v) is 7.73. The van der Waals surface area contributed by atoms with Crippen LogP contribution >= 0.6 is 7.41 Å². The molecule has 0 aromatic heterocycles. The summed E-state index contributed by atoms with van der Waals surface area (Å²) in [5, 5.41) is 4.03. The van der Waals surface area contributed by atoms with Gasteiger partial charge in [0.05, 0.1) is 0 Å². The second kappa shape index (κ2) is 11.5.